The SMILES string of the molecule is CCCCC(C)Nc1ncnc2cc(Cl)ccc12. The van der Waals surface area contributed by atoms with Gasteiger partial charge in [-0.15, -0.1) is 0 Å². The van der Waals surface area contributed by atoms with Crippen LogP contribution < -0.4 is 5.32 Å². The molecule has 0 aliphatic heterocycles. The summed E-state index contributed by atoms with van der Waals surface area (Å²) in [6.45, 7) is 4.38. The number of anilines is 1. The van der Waals surface area contributed by atoms with Gasteiger partial charge in [0.25, 0.3) is 0 Å². The summed E-state index contributed by atoms with van der Waals surface area (Å²) < 4.78 is 0. The molecule has 18 heavy (non-hydrogen) atoms. The molecule has 2 aromatic rings. The maximum atomic E-state index is 5.96. The lowest BCUT2D eigenvalue weighted by Crippen LogP contribution is -2.16. The van der Waals surface area contributed by atoms with Gasteiger partial charge in [-0.2, -0.15) is 0 Å². The van der Waals surface area contributed by atoms with E-state index in [1.165, 1.54) is 12.8 Å². The van der Waals surface area contributed by atoms with Crippen molar-refractivity contribution in [1.29, 1.82) is 0 Å². The lowest BCUT2D eigenvalue weighted by molar-refractivity contribution is 0.643. The molecule has 0 saturated carbocycles. The van der Waals surface area contributed by atoms with E-state index in [0.29, 0.717) is 11.1 Å². The monoisotopic (exact) mass is 263 g/mol. The van der Waals surface area contributed by atoms with Crippen molar-refractivity contribution >= 4 is 28.3 Å². The van der Waals surface area contributed by atoms with Gasteiger partial charge in [0.1, 0.15) is 12.1 Å². The number of nitrogens with one attached hydrogen (secondary N) is 1. The first kappa shape index (κ1) is 13.1. The van der Waals surface area contributed by atoms with Crippen molar-refractivity contribution in [3.63, 3.8) is 0 Å². The molecule has 0 aliphatic carbocycles. The summed E-state index contributed by atoms with van der Waals surface area (Å²) in [4.78, 5) is 8.56. The lowest BCUT2D eigenvalue weighted by Gasteiger charge is -2.15. The number of unbranched alkanes of at least 4 members (excludes halogenated alkanes) is 1. The quantitative estimate of drug-likeness (QED) is 0.875. The highest BCUT2D eigenvalue weighted by atomic mass is 35.5. The Morgan fingerprint density at radius 1 is 1.33 bits per heavy atom. The van der Waals surface area contributed by atoms with E-state index >= 15 is 0 Å². The van der Waals surface area contributed by atoms with E-state index in [1.807, 2.05) is 18.2 Å². The maximum absolute atomic E-state index is 5.96. The molecule has 2 rings (SSSR count). The van der Waals surface area contributed by atoms with Gasteiger partial charge in [-0.3, -0.25) is 0 Å². The van der Waals surface area contributed by atoms with Crippen molar-refractivity contribution in [3.05, 3.63) is 29.5 Å². The van der Waals surface area contributed by atoms with E-state index in [9.17, 15) is 0 Å². The van der Waals surface area contributed by atoms with Crippen LogP contribution in [0.3, 0.4) is 0 Å². The Morgan fingerprint density at radius 2 is 2.17 bits per heavy atom. The number of halogens is 1. The molecule has 1 aromatic heterocycles. The molecule has 0 aliphatic rings. The summed E-state index contributed by atoms with van der Waals surface area (Å²) in [5.41, 5.74) is 0.877. The predicted molar refractivity (Wildman–Crippen MR) is 77.2 cm³/mol. The highest BCUT2D eigenvalue weighted by molar-refractivity contribution is 6.31. The van der Waals surface area contributed by atoms with E-state index in [4.69, 9.17) is 11.6 Å². The van der Waals surface area contributed by atoms with Crippen LogP contribution in [0.25, 0.3) is 10.9 Å². The van der Waals surface area contributed by atoms with Gasteiger partial charge in [0.15, 0.2) is 0 Å². The van der Waals surface area contributed by atoms with Crippen LogP contribution >= 0.6 is 11.6 Å². The Hall–Kier alpha value is -1.35. The smallest absolute Gasteiger partial charge is 0.137 e. The Bertz CT molecular complexity index is 527. The lowest BCUT2D eigenvalue weighted by atomic mass is 10.1. The van der Waals surface area contributed by atoms with Crippen molar-refractivity contribution in [2.75, 3.05) is 5.32 Å². The van der Waals surface area contributed by atoms with Crippen molar-refractivity contribution in [2.24, 2.45) is 0 Å². The Kier molecular flexibility index (Phi) is 4.37. The molecule has 1 N–H and O–H groups in total. The molecule has 0 spiro atoms. The van der Waals surface area contributed by atoms with E-state index in [1.54, 1.807) is 6.33 Å². The first-order valence-corrected chi connectivity index (χ1v) is 6.75. The molecule has 0 radical (unpaired) electrons. The summed E-state index contributed by atoms with van der Waals surface area (Å²) in [6, 6.07) is 6.11. The van der Waals surface area contributed by atoms with Crippen molar-refractivity contribution in [1.82, 2.24) is 9.97 Å². The van der Waals surface area contributed by atoms with Crippen LogP contribution in [0.4, 0.5) is 5.82 Å². The van der Waals surface area contributed by atoms with Crippen LogP contribution in [0, 0.1) is 0 Å². The molecule has 96 valence electrons. The van der Waals surface area contributed by atoms with Crippen LogP contribution in [-0.2, 0) is 0 Å². The number of rotatable bonds is 5. The fraction of sp³-hybridized carbons (Fsp3) is 0.429. The molecule has 0 amide bonds. The van der Waals surface area contributed by atoms with Crippen LogP contribution in [0.15, 0.2) is 24.5 Å². The fourth-order valence-corrected chi connectivity index (χ4v) is 2.13. The number of fused-ring (bicyclic) bond motifs is 1. The highest BCUT2D eigenvalue weighted by Gasteiger charge is 2.07. The molecule has 0 bridgehead atoms. The van der Waals surface area contributed by atoms with E-state index in [0.717, 1.165) is 23.1 Å². The topological polar surface area (TPSA) is 37.8 Å². The fourth-order valence-electron chi connectivity index (χ4n) is 1.96. The molecule has 1 heterocycles. The van der Waals surface area contributed by atoms with Crippen molar-refractivity contribution in [3.8, 4) is 0 Å². The second-order valence-electron chi connectivity index (χ2n) is 4.57. The highest BCUT2D eigenvalue weighted by Crippen LogP contribution is 2.23. The maximum Gasteiger partial charge on any atom is 0.137 e. The Morgan fingerprint density at radius 3 is 2.94 bits per heavy atom. The predicted octanol–water partition coefficient (Wildman–Crippen LogP) is 4.27. The second-order valence-corrected chi connectivity index (χ2v) is 5.01. The number of benzene rings is 1. The molecule has 1 atom stereocenters. The third-order valence-electron chi connectivity index (χ3n) is 2.97. The van der Waals surface area contributed by atoms with Gasteiger partial charge in [-0.25, -0.2) is 9.97 Å². The number of aromatic nitrogens is 2. The largest absolute Gasteiger partial charge is 0.367 e. The first-order chi connectivity index (χ1) is 8.70. The van der Waals surface area contributed by atoms with Gasteiger partial charge in [-0.1, -0.05) is 31.4 Å². The third kappa shape index (κ3) is 3.10. The summed E-state index contributed by atoms with van der Waals surface area (Å²) in [5, 5.41) is 5.16. The zero-order valence-electron chi connectivity index (χ0n) is 10.8. The number of hydrogen-bond donors (Lipinski definition) is 1. The minimum Gasteiger partial charge on any atom is -0.367 e. The van der Waals surface area contributed by atoms with E-state index < -0.39 is 0 Å². The molecular weight excluding hydrogens is 246 g/mol. The van der Waals surface area contributed by atoms with Gasteiger partial charge in [0.2, 0.25) is 0 Å². The van der Waals surface area contributed by atoms with Crippen LogP contribution in [0.2, 0.25) is 5.02 Å². The van der Waals surface area contributed by atoms with Crippen LogP contribution in [0.5, 0.6) is 0 Å². The van der Waals surface area contributed by atoms with Crippen molar-refractivity contribution in [2.45, 2.75) is 39.2 Å². The number of hydrogen-bond acceptors (Lipinski definition) is 3. The average molecular weight is 264 g/mol. The first-order valence-electron chi connectivity index (χ1n) is 6.37. The summed E-state index contributed by atoms with van der Waals surface area (Å²) >= 11 is 5.96. The minimum absolute atomic E-state index is 0.415. The standard InChI is InChI=1S/C14H18ClN3/c1-3-4-5-10(2)18-14-12-7-6-11(15)8-13(12)16-9-17-14/h6-10H,3-5H2,1-2H3,(H,16,17,18). The Balaban J connectivity index is 2.22. The van der Waals surface area contributed by atoms with Gasteiger partial charge in [-0.05, 0) is 31.5 Å². The van der Waals surface area contributed by atoms with Gasteiger partial charge < -0.3 is 5.32 Å². The molecule has 3 nitrogen and oxygen atoms in total. The molecule has 1 unspecified atom stereocenters. The normalized spacial score (nSPS) is 12.6. The van der Waals surface area contributed by atoms with Gasteiger partial charge in [0.05, 0.1) is 5.52 Å². The second kappa shape index (κ2) is 6.01. The molecular formula is C14H18ClN3. The van der Waals surface area contributed by atoms with E-state index in [2.05, 4.69) is 29.1 Å². The summed E-state index contributed by atoms with van der Waals surface area (Å²) in [5.74, 6) is 0.889. The Labute approximate surface area is 113 Å². The molecule has 0 fully saturated rings. The zero-order valence-corrected chi connectivity index (χ0v) is 11.5. The third-order valence-corrected chi connectivity index (χ3v) is 3.21. The minimum atomic E-state index is 0.415. The van der Waals surface area contributed by atoms with E-state index in [-0.39, 0.29) is 0 Å². The number of nitrogens with zero attached hydrogens (tertiary/aromatic N) is 2. The average Bonchev–Trinajstić information content (AvgIpc) is 2.36. The van der Waals surface area contributed by atoms with Crippen LogP contribution in [-0.4, -0.2) is 16.0 Å². The van der Waals surface area contributed by atoms with Gasteiger partial charge in [0, 0.05) is 16.5 Å². The zero-order chi connectivity index (χ0) is 13.0. The van der Waals surface area contributed by atoms with Crippen molar-refractivity contribution < 1.29 is 0 Å². The van der Waals surface area contributed by atoms with Crippen LogP contribution in [0.1, 0.15) is 33.1 Å². The molecule has 0 saturated heterocycles. The molecule has 1 aromatic carbocycles. The van der Waals surface area contributed by atoms with Gasteiger partial charge >= 0.3 is 0 Å². The summed E-state index contributed by atoms with van der Waals surface area (Å²) in [6.07, 6.45) is 5.16. The summed E-state index contributed by atoms with van der Waals surface area (Å²) in [7, 11) is 0. The molecule has 4 heteroatoms.